The average Bonchev–Trinajstić information content (AvgIpc) is 2.16. The van der Waals surface area contributed by atoms with Gasteiger partial charge in [-0.05, 0) is 25.1 Å². The van der Waals surface area contributed by atoms with E-state index in [-0.39, 0.29) is 6.04 Å². The minimum absolute atomic E-state index is 0.163. The fraction of sp³-hybridized carbons (Fsp3) is 0.300. The summed E-state index contributed by atoms with van der Waals surface area (Å²) in [5, 5.41) is 9.10. The molecule has 0 saturated heterocycles. The maximum atomic E-state index is 11.1. The van der Waals surface area contributed by atoms with Crippen molar-refractivity contribution >= 4 is 27.7 Å². The molecule has 1 aromatic carbocycles. The highest BCUT2D eigenvalue weighted by atomic mass is 79.9. The molecular formula is C10H10BrNO3. The highest BCUT2D eigenvalue weighted by molar-refractivity contribution is 9.10. The summed E-state index contributed by atoms with van der Waals surface area (Å²) in [4.78, 5) is 12.4. The van der Waals surface area contributed by atoms with Crippen molar-refractivity contribution in [3.05, 3.63) is 22.7 Å². The van der Waals surface area contributed by atoms with Gasteiger partial charge in [0.25, 0.3) is 0 Å². The third-order valence-electron chi connectivity index (χ3n) is 2.31. The van der Waals surface area contributed by atoms with Crippen LogP contribution in [0.2, 0.25) is 0 Å². The Kier molecular flexibility index (Phi) is 2.56. The third-order valence-corrected chi connectivity index (χ3v) is 2.80. The van der Waals surface area contributed by atoms with Gasteiger partial charge in [-0.1, -0.05) is 15.9 Å². The molecule has 4 nitrogen and oxygen atoms in total. The zero-order valence-electron chi connectivity index (χ0n) is 8.11. The molecule has 0 bridgehead atoms. The summed E-state index contributed by atoms with van der Waals surface area (Å²) in [6.07, 6.45) is -0.954. The number of nitrogens with zero attached hydrogens (tertiary/aromatic N) is 1. The Hall–Kier alpha value is -1.23. The van der Waals surface area contributed by atoms with Crippen molar-refractivity contribution in [2.24, 2.45) is 0 Å². The number of halogens is 1. The summed E-state index contributed by atoms with van der Waals surface area (Å²) < 4.78 is 6.28. The molecule has 1 amide bonds. The van der Waals surface area contributed by atoms with E-state index in [9.17, 15) is 4.79 Å². The molecule has 0 saturated carbocycles. The smallest absolute Gasteiger partial charge is 0.412 e. The van der Waals surface area contributed by atoms with Gasteiger partial charge in [0, 0.05) is 4.47 Å². The number of ether oxygens (including phenoxy) is 1. The van der Waals surface area contributed by atoms with Crippen LogP contribution in [0.15, 0.2) is 22.7 Å². The quantitative estimate of drug-likeness (QED) is 0.790. The van der Waals surface area contributed by atoms with Crippen LogP contribution >= 0.6 is 15.9 Å². The van der Waals surface area contributed by atoms with E-state index in [0.717, 1.165) is 4.47 Å². The summed E-state index contributed by atoms with van der Waals surface area (Å²) in [6.45, 7) is 2.21. The molecule has 1 N–H and O–H groups in total. The molecule has 0 radical (unpaired) electrons. The number of hydrogen-bond acceptors (Lipinski definition) is 2. The van der Waals surface area contributed by atoms with Gasteiger partial charge in [0.15, 0.2) is 0 Å². The van der Waals surface area contributed by atoms with Gasteiger partial charge < -0.3 is 9.84 Å². The van der Waals surface area contributed by atoms with E-state index >= 15 is 0 Å². The number of benzene rings is 1. The standard InChI is InChI=1S/C10H10BrNO3/c1-6-5-15-9-3-2-7(11)4-8(9)12(6)10(13)14/h2-4,6H,5H2,1H3,(H,13,14). The molecule has 0 aromatic heterocycles. The van der Waals surface area contributed by atoms with Gasteiger partial charge in [0.05, 0.1) is 11.7 Å². The maximum absolute atomic E-state index is 11.1. The monoisotopic (exact) mass is 271 g/mol. The molecule has 15 heavy (non-hydrogen) atoms. The van der Waals surface area contributed by atoms with Crippen LogP contribution in [0.1, 0.15) is 6.92 Å². The average molecular weight is 272 g/mol. The Balaban J connectivity index is 2.50. The second-order valence-corrected chi connectivity index (χ2v) is 4.34. The lowest BCUT2D eigenvalue weighted by Crippen LogP contribution is -2.44. The summed E-state index contributed by atoms with van der Waals surface area (Å²) >= 11 is 3.31. The number of amides is 1. The Labute approximate surface area is 95.6 Å². The van der Waals surface area contributed by atoms with Crippen molar-refractivity contribution in [2.75, 3.05) is 11.5 Å². The zero-order valence-corrected chi connectivity index (χ0v) is 9.69. The van der Waals surface area contributed by atoms with Crippen LogP contribution in [0.3, 0.4) is 0 Å². The van der Waals surface area contributed by atoms with Crippen LogP contribution in [0.4, 0.5) is 10.5 Å². The number of anilines is 1. The molecule has 1 atom stereocenters. The Bertz CT molecular complexity index is 408. The number of carbonyl (C=O) groups is 1. The molecule has 0 fully saturated rings. The molecule has 80 valence electrons. The number of hydrogen-bond donors (Lipinski definition) is 1. The van der Waals surface area contributed by atoms with Crippen molar-refractivity contribution in [2.45, 2.75) is 13.0 Å². The minimum atomic E-state index is -0.954. The van der Waals surface area contributed by atoms with E-state index < -0.39 is 6.09 Å². The predicted molar refractivity (Wildman–Crippen MR) is 59.6 cm³/mol. The van der Waals surface area contributed by atoms with Crippen molar-refractivity contribution in [3.63, 3.8) is 0 Å². The first-order chi connectivity index (χ1) is 7.09. The lowest BCUT2D eigenvalue weighted by molar-refractivity contribution is 0.189. The fourth-order valence-electron chi connectivity index (χ4n) is 1.61. The van der Waals surface area contributed by atoms with Crippen molar-refractivity contribution in [1.82, 2.24) is 0 Å². The van der Waals surface area contributed by atoms with Gasteiger partial charge in [-0.15, -0.1) is 0 Å². The summed E-state index contributed by atoms with van der Waals surface area (Å²) in [7, 11) is 0. The SMILES string of the molecule is CC1COc2ccc(Br)cc2N1C(=O)O. The summed E-state index contributed by atoms with van der Waals surface area (Å²) in [5.41, 5.74) is 0.593. The van der Waals surface area contributed by atoms with Crippen LogP contribution < -0.4 is 9.64 Å². The summed E-state index contributed by atoms with van der Waals surface area (Å²) in [5.74, 6) is 0.610. The van der Waals surface area contributed by atoms with Crippen LogP contribution in [-0.4, -0.2) is 23.8 Å². The number of rotatable bonds is 0. The molecule has 0 aliphatic carbocycles. The largest absolute Gasteiger partial charge is 0.489 e. The first-order valence-electron chi connectivity index (χ1n) is 4.54. The van der Waals surface area contributed by atoms with Crippen LogP contribution in [-0.2, 0) is 0 Å². The van der Waals surface area contributed by atoms with E-state index in [1.165, 1.54) is 4.90 Å². The fourth-order valence-corrected chi connectivity index (χ4v) is 1.96. The second kappa shape index (κ2) is 3.73. The molecule has 5 heteroatoms. The first kappa shape index (κ1) is 10.3. The van der Waals surface area contributed by atoms with Gasteiger partial charge in [0.1, 0.15) is 12.4 Å². The Morgan fingerprint density at radius 3 is 3.07 bits per heavy atom. The van der Waals surface area contributed by atoms with E-state index in [4.69, 9.17) is 9.84 Å². The molecule has 1 aromatic rings. The van der Waals surface area contributed by atoms with Gasteiger partial charge in [-0.2, -0.15) is 0 Å². The van der Waals surface area contributed by atoms with E-state index in [1.807, 2.05) is 13.0 Å². The van der Waals surface area contributed by atoms with E-state index in [2.05, 4.69) is 15.9 Å². The van der Waals surface area contributed by atoms with Gasteiger partial charge in [0.2, 0.25) is 0 Å². The minimum Gasteiger partial charge on any atom is -0.489 e. The predicted octanol–water partition coefficient (Wildman–Crippen LogP) is 2.71. The van der Waals surface area contributed by atoms with Gasteiger partial charge >= 0.3 is 6.09 Å². The van der Waals surface area contributed by atoms with Crippen LogP contribution in [0.25, 0.3) is 0 Å². The van der Waals surface area contributed by atoms with Crippen molar-refractivity contribution < 1.29 is 14.6 Å². The number of fused-ring (bicyclic) bond motifs is 1. The number of carboxylic acid groups (broad SMARTS) is 1. The van der Waals surface area contributed by atoms with Crippen LogP contribution in [0, 0.1) is 0 Å². The first-order valence-corrected chi connectivity index (χ1v) is 5.33. The lowest BCUT2D eigenvalue weighted by Gasteiger charge is -2.32. The van der Waals surface area contributed by atoms with E-state index in [1.54, 1.807) is 12.1 Å². The molecule has 1 aliphatic rings. The van der Waals surface area contributed by atoms with Gasteiger partial charge in [-0.25, -0.2) is 4.79 Å². The second-order valence-electron chi connectivity index (χ2n) is 3.42. The Morgan fingerprint density at radius 1 is 1.67 bits per heavy atom. The molecule has 2 rings (SSSR count). The molecule has 1 aliphatic heterocycles. The van der Waals surface area contributed by atoms with Crippen molar-refractivity contribution in [3.8, 4) is 5.75 Å². The molecule has 1 heterocycles. The highest BCUT2D eigenvalue weighted by Crippen LogP contribution is 2.35. The molecular weight excluding hydrogens is 262 g/mol. The highest BCUT2D eigenvalue weighted by Gasteiger charge is 2.29. The molecule has 1 unspecified atom stereocenters. The van der Waals surface area contributed by atoms with E-state index in [0.29, 0.717) is 18.0 Å². The lowest BCUT2D eigenvalue weighted by atomic mass is 10.2. The summed E-state index contributed by atoms with van der Waals surface area (Å²) in [6, 6.07) is 5.18. The van der Waals surface area contributed by atoms with Crippen LogP contribution in [0.5, 0.6) is 5.75 Å². The zero-order chi connectivity index (χ0) is 11.0. The topological polar surface area (TPSA) is 49.8 Å². The maximum Gasteiger partial charge on any atom is 0.412 e. The normalized spacial score (nSPS) is 19.3. The van der Waals surface area contributed by atoms with Gasteiger partial charge in [-0.3, -0.25) is 4.90 Å². The molecule has 0 spiro atoms. The Morgan fingerprint density at radius 2 is 2.40 bits per heavy atom. The third kappa shape index (κ3) is 1.79. The van der Waals surface area contributed by atoms with Crippen molar-refractivity contribution in [1.29, 1.82) is 0 Å².